The number of hydrogen-bond acceptors (Lipinski definition) is 4. The summed E-state index contributed by atoms with van der Waals surface area (Å²) in [6.07, 6.45) is 5.99. The number of fused-ring (bicyclic) bond motifs is 1. The average Bonchev–Trinajstić information content (AvgIpc) is 3.62. The average molecular weight is 501 g/mol. The molecule has 194 valence electrons. The maximum absolute atomic E-state index is 13.7. The lowest BCUT2D eigenvalue weighted by Gasteiger charge is -2.39. The second-order valence-electron chi connectivity index (χ2n) is 10.5. The normalized spacial score (nSPS) is 18.4. The van der Waals surface area contributed by atoms with Crippen LogP contribution in [0.1, 0.15) is 66.7 Å². The van der Waals surface area contributed by atoms with Gasteiger partial charge in [-0.3, -0.25) is 9.59 Å². The Bertz CT molecular complexity index is 1250. The molecule has 0 unspecified atom stereocenters. The molecular formula is C31H36N2O4. The van der Waals surface area contributed by atoms with Gasteiger partial charge in [0.1, 0.15) is 11.5 Å². The van der Waals surface area contributed by atoms with Crippen LogP contribution in [0, 0.1) is 12.8 Å². The first kappa shape index (κ1) is 25.1. The number of carbonyl (C=O) groups is 2. The molecular weight excluding hydrogens is 464 g/mol. The number of nitrogens with zero attached hydrogens (tertiary/aromatic N) is 2. The summed E-state index contributed by atoms with van der Waals surface area (Å²) in [7, 11) is 1.75. The van der Waals surface area contributed by atoms with Crippen molar-refractivity contribution in [3.63, 3.8) is 0 Å². The number of ether oxygens (including phenoxy) is 1. The highest BCUT2D eigenvalue weighted by molar-refractivity contribution is 5.81. The number of carbonyl (C=O) groups excluding carboxylic acids is 2. The highest BCUT2D eigenvalue weighted by Gasteiger charge is 2.36. The monoisotopic (exact) mass is 500 g/mol. The third-order valence-electron chi connectivity index (χ3n) is 7.70. The van der Waals surface area contributed by atoms with Crippen molar-refractivity contribution in [2.75, 3.05) is 13.6 Å². The van der Waals surface area contributed by atoms with Crippen LogP contribution in [-0.2, 0) is 22.6 Å². The summed E-state index contributed by atoms with van der Waals surface area (Å²) < 4.78 is 11.5. The van der Waals surface area contributed by atoms with Crippen molar-refractivity contribution in [1.82, 2.24) is 9.80 Å². The van der Waals surface area contributed by atoms with E-state index in [-0.39, 0.29) is 23.8 Å². The van der Waals surface area contributed by atoms with Crippen LogP contribution in [-0.4, -0.2) is 41.3 Å². The van der Waals surface area contributed by atoms with Gasteiger partial charge in [-0.1, -0.05) is 48.7 Å². The maximum Gasteiger partial charge on any atom is 0.263 e. The van der Waals surface area contributed by atoms with E-state index < -0.39 is 6.10 Å². The van der Waals surface area contributed by atoms with Crippen LogP contribution in [0.15, 0.2) is 65.3 Å². The van der Waals surface area contributed by atoms with Crippen LogP contribution in [0.25, 0.3) is 0 Å². The summed E-state index contributed by atoms with van der Waals surface area (Å²) in [5.41, 5.74) is 4.60. The molecule has 2 amide bonds. The van der Waals surface area contributed by atoms with Gasteiger partial charge in [-0.15, -0.1) is 0 Å². The van der Waals surface area contributed by atoms with E-state index in [4.69, 9.17) is 9.15 Å². The largest absolute Gasteiger partial charge is 0.481 e. The molecule has 37 heavy (non-hydrogen) atoms. The molecule has 1 aliphatic heterocycles. The first-order valence-electron chi connectivity index (χ1n) is 13.3. The van der Waals surface area contributed by atoms with Crippen molar-refractivity contribution in [3.8, 4) is 5.75 Å². The van der Waals surface area contributed by atoms with Crippen molar-refractivity contribution in [2.24, 2.45) is 5.92 Å². The fourth-order valence-electron chi connectivity index (χ4n) is 5.79. The Kier molecular flexibility index (Phi) is 7.36. The van der Waals surface area contributed by atoms with Gasteiger partial charge in [0.05, 0.1) is 18.8 Å². The standard InChI is InChI=1S/C31H36N2O4/c1-21-8-6-11-25(18-21)29-28-19-26(37-22(2)30(34)32(3)20-27-12-7-17-36-27)14-13-23(28)15-16-33(29)31(35)24-9-4-5-10-24/h6-8,11-14,17-19,22,24,29H,4-5,9-10,15-16,20H2,1-3H3/t22-,29+/m0/s1. The van der Waals surface area contributed by atoms with Gasteiger partial charge >= 0.3 is 0 Å². The molecule has 6 nitrogen and oxygen atoms in total. The van der Waals surface area contributed by atoms with E-state index in [1.54, 1.807) is 25.1 Å². The van der Waals surface area contributed by atoms with Crippen molar-refractivity contribution in [1.29, 1.82) is 0 Å². The summed E-state index contributed by atoms with van der Waals surface area (Å²) >= 11 is 0. The number of benzene rings is 2. The fraction of sp³-hybridized carbons (Fsp3) is 0.419. The summed E-state index contributed by atoms with van der Waals surface area (Å²) in [5, 5.41) is 0. The van der Waals surface area contributed by atoms with Gasteiger partial charge in [0.15, 0.2) is 6.10 Å². The first-order valence-corrected chi connectivity index (χ1v) is 13.3. The molecule has 3 aromatic rings. The highest BCUT2D eigenvalue weighted by Crippen LogP contribution is 2.40. The Morgan fingerprint density at radius 2 is 1.92 bits per heavy atom. The second kappa shape index (κ2) is 10.8. The van der Waals surface area contributed by atoms with Crippen LogP contribution in [0.3, 0.4) is 0 Å². The van der Waals surface area contributed by atoms with E-state index in [2.05, 4.69) is 42.2 Å². The van der Waals surface area contributed by atoms with Crippen molar-refractivity contribution >= 4 is 11.8 Å². The molecule has 2 aliphatic rings. The number of aryl methyl sites for hydroxylation is 1. The number of amides is 2. The Hall–Kier alpha value is -3.54. The summed E-state index contributed by atoms with van der Waals surface area (Å²) in [4.78, 5) is 30.4. The molecule has 5 rings (SSSR count). The van der Waals surface area contributed by atoms with Crippen LogP contribution in [0.5, 0.6) is 5.75 Å². The Morgan fingerprint density at radius 3 is 2.65 bits per heavy atom. The minimum atomic E-state index is -0.657. The van der Waals surface area contributed by atoms with Gasteiger partial charge in [0.25, 0.3) is 5.91 Å². The van der Waals surface area contributed by atoms with Crippen molar-refractivity contribution < 1.29 is 18.7 Å². The molecule has 0 radical (unpaired) electrons. The molecule has 0 N–H and O–H groups in total. The second-order valence-corrected chi connectivity index (χ2v) is 10.5. The highest BCUT2D eigenvalue weighted by atomic mass is 16.5. The predicted molar refractivity (Wildman–Crippen MR) is 142 cm³/mol. The number of hydrogen-bond donors (Lipinski definition) is 0. The zero-order chi connectivity index (χ0) is 25.9. The third-order valence-corrected chi connectivity index (χ3v) is 7.70. The van der Waals surface area contributed by atoms with Gasteiger partial charge in [-0.2, -0.15) is 0 Å². The Morgan fingerprint density at radius 1 is 1.11 bits per heavy atom. The zero-order valence-electron chi connectivity index (χ0n) is 22.0. The summed E-state index contributed by atoms with van der Waals surface area (Å²) in [6.45, 7) is 4.96. The number of rotatable bonds is 7. The lowest BCUT2D eigenvalue weighted by Crippen LogP contribution is -2.43. The lowest BCUT2D eigenvalue weighted by molar-refractivity contribution is -0.137. The van der Waals surface area contributed by atoms with E-state index in [1.807, 2.05) is 24.3 Å². The van der Waals surface area contributed by atoms with E-state index in [1.165, 1.54) is 11.1 Å². The van der Waals surface area contributed by atoms with Gasteiger partial charge in [0.2, 0.25) is 5.91 Å². The maximum atomic E-state index is 13.7. The SMILES string of the molecule is Cc1cccc([C@@H]2c3cc(O[C@@H](C)C(=O)N(C)Cc4ccco4)ccc3CCN2C(=O)C2CCCC2)c1. The molecule has 2 aromatic carbocycles. The number of furan rings is 1. The first-order chi connectivity index (χ1) is 17.9. The van der Waals surface area contributed by atoms with Crippen LogP contribution < -0.4 is 4.74 Å². The van der Waals surface area contributed by atoms with Gasteiger partial charge in [0, 0.05) is 19.5 Å². The Balaban J connectivity index is 1.41. The summed E-state index contributed by atoms with van der Waals surface area (Å²) in [6, 6.07) is 18.0. The quantitative estimate of drug-likeness (QED) is 0.419. The number of likely N-dealkylation sites (N-methyl/N-ethyl adjacent to an activating group) is 1. The molecule has 0 bridgehead atoms. The topological polar surface area (TPSA) is 63.0 Å². The van der Waals surface area contributed by atoms with Crippen LogP contribution in [0.4, 0.5) is 0 Å². The van der Waals surface area contributed by atoms with E-state index in [0.717, 1.165) is 49.0 Å². The van der Waals surface area contributed by atoms with E-state index >= 15 is 0 Å². The van der Waals surface area contributed by atoms with E-state index in [0.29, 0.717) is 18.8 Å². The molecule has 0 spiro atoms. The molecule has 1 aromatic heterocycles. The van der Waals surface area contributed by atoms with Crippen LogP contribution in [0.2, 0.25) is 0 Å². The molecule has 2 heterocycles. The summed E-state index contributed by atoms with van der Waals surface area (Å²) in [5.74, 6) is 1.63. The molecule has 6 heteroatoms. The van der Waals surface area contributed by atoms with Crippen LogP contribution >= 0.6 is 0 Å². The van der Waals surface area contributed by atoms with Gasteiger partial charge in [-0.05, 0) is 74.1 Å². The fourth-order valence-corrected chi connectivity index (χ4v) is 5.79. The molecule has 1 aliphatic carbocycles. The van der Waals surface area contributed by atoms with Gasteiger partial charge < -0.3 is 19.0 Å². The van der Waals surface area contributed by atoms with Crippen molar-refractivity contribution in [2.45, 2.75) is 64.6 Å². The van der Waals surface area contributed by atoms with E-state index in [9.17, 15) is 9.59 Å². The molecule has 1 saturated carbocycles. The Labute approximate surface area is 219 Å². The lowest BCUT2D eigenvalue weighted by atomic mass is 9.86. The third kappa shape index (κ3) is 5.43. The minimum Gasteiger partial charge on any atom is -0.481 e. The zero-order valence-corrected chi connectivity index (χ0v) is 22.0. The molecule has 2 atom stereocenters. The smallest absolute Gasteiger partial charge is 0.263 e. The molecule has 0 saturated heterocycles. The van der Waals surface area contributed by atoms with Gasteiger partial charge in [-0.25, -0.2) is 0 Å². The molecule has 1 fully saturated rings. The predicted octanol–water partition coefficient (Wildman–Crippen LogP) is 5.68. The van der Waals surface area contributed by atoms with Crippen molar-refractivity contribution in [3.05, 3.63) is 88.9 Å². The minimum absolute atomic E-state index is 0.121.